The first-order valence-corrected chi connectivity index (χ1v) is 7.07. The molecule has 8 heteroatoms. The van der Waals surface area contributed by atoms with Crippen LogP contribution >= 0.6 is 0 Å². The molecule has 2 N–H and O–H groups in total. The van der Waals surface area contributed by atoms with Gasteiger partial charge in [0.05, 0.1) is 11.9 Å². The van der Waals surface area contributed by atoms with E-state index in [1.54, 1.807) is 25.1 Å². The number of carbonyl (C=O) groups excluding carboxylic acids is 3. The fraction of sp³-hybridized carbons (Fsp3) is 0.188. The predicted molar refractivity (Wildman–Crippen MR) is 85.5 cm³/mol. The zero-order valence-electron chi connectivity index (χ0n) is 13.2. The number of hydrogen-bond donors (Lipinski definition) is 2. The van der Waals surface area contributed by atoms with Gasteiger partial charge in [0.25, 0.3) is 11.8 Å². The summed E-state index contributed by atoms with van der Waals surface area (Å²) in [7, 11) is 1.51. The van der Waals surface area contributed by atoms with E-state index >= 15 is 0 Å². The molecule has 0 fully saturated rings. The van der Waals surface area contributed by atoms with Crippen molar-refractivity contribution in [2.75, 3.05) is 19.0 Å². The van der Waals surface area contributed by atoms with Gasteiger partial charge in [0, 0.05) is 24.5 Å². The quantitative estimate of drug-likeness (QED) is 0.790. The molecule has 0 aliphatic carbocycles. The van der Waals surface area contributed by atoms with Crippen LogP contribution in [0.4, 0.5) is 5.69 Å². The minimum Gasteiger partial charge on any atom is -0.451 e. The van der Waals surface area contributed by atoms with Gasteiger partial charge in [-0.05, 0) is 25.1 Å². The van der Waals surface area contributed by atoms with E-state index in [2.05, 4.69) is 20.6 Å². The van der Waals surface area contributed by atoms with E-state index in [-0.39, 0.29) is 11.6 Å². The highest BCUT2D eigenvalue weighted by Gasteiger charge is 2.12. The van der Waals surface area contributed by atoms with Crippen molar-refractivity contribution in [2.45, 2.75) is 6.92 Å². The van der Waals surface area contributed by atoms with Crippen molar-refractivity contribution in [1.82, 2.24) is 15.3 Å². The molecule has 0 aliphatic rings. The summed E-state index contributed by atoms with van der Waals surface area (Å²) in [6.07, 6.45) is 2.71. The summed E-state index contributed by atoms with van der Waals surface area (Å²) in [4.78, 5) is 42.9. The smallest absolute Gasteiger partial charge is 0.359 e. The van der Waals surface area contributed by atoms with Gasteiger partial charge < -0.3 is 15.4 Å². The number of rotatable bonds is 5. The molecule has 1 aromatic heterocycles. The molecule has 0 saturated carbocycles. The molecular formula is C16H16N4O4. The van der Waals surface area contributed by atoms with E-state index in [1.807, 2.05) is 0 Å². The lowest BCUT2D eigenvalue weighted by Gasteiger charge is -2.07. The van der Waals surface area contributed by atoms with E-state index in [4.69, 9.17) is 4.74 Å². The Morgan fingerprint density at radius 2 is 1.96 bits per heavy atom. The summed E-state index contributed by atoms with van der Waals surface area (Å²) < 4.78 is 4.87. The molecule has 0 spiro atoms. The van der Waals surface area contributed by atoms with Crippen LogP contribution in [0.1, 0.15) is 26.5 Å². The Labute approximate surface area is 138 Å². The summed E-state index contributed by atoms with van der Waals surface area (Å²) >= 11 is 0. The lowest BCUT2D eigenvalue weighted by atomic mass is 10.2. The maximum Gasteiger partial charge on any atom is 0.359 e. The molecule has 2 amide bonds. The first-order valence-electron chi connectivity index (χ1n) is 7.07. The molecule has 24 heavy (non-hydrogen) atoms. The van der Waals surface area contributed by atoms with Gasteiger partial charge in [0.15, 0.2) is 12.3 Å². The number of esters is 1. The van der Waals surface area contributed by atoms with Gasteiger partial charge in [-0.3, -0.25) is 14.6 Å². The summed E-state index contributed by atoms with van der Waals surface area (Å²) in [5, 5.41) is 5.04. The van der Waals surface area contributed by atoms with Crippen LogP contribution in [0.25, 0.3) is 0 Å². The third-order valence-electron chi connectivity index (χ3n) is 2.96. The van der Waals surface area contributed by atoms with Crippen LogP contribution < -0.4 is 10.6 Å². The Morgan fingerprint density at radius 3 is 2.62 bits per heavy atom. The molecule has 0 atom stereocenters. The first-order chi connectivity index (χ1) is 11.5. The molecule has 0 radical (unpaired) electrons. The van der Waals surface area contributed by atoms with Crippen LogP contribution in [0, 0.1) is 6.92 Å². The number of benzene rings is 1. The number of ether oxygens (including phenoxy) is 1. The number of nitrogens with one attached hydrogen (secondary N) is 2. The van der Waals surface area contributed by atoms with Gasteiger partial charge in [-0.1, -0.05) is 6.07 Å². The number of aryl methyl sites for hydroxylation is 1. The van der Waals surface area contributed by atoms with Crippen LogP contribution in [0.15, 0.2) is 36.7 Å². The zero-order chi connectivity index (χ0) is 17.5. The second-order valence-corrected chi connectivity index (χ2v) is 4.83. The molecule has 0 saturated heterocycles. The van der Waals surface area contributed by atoms with Gasteiger partial charge in [0.2, 0.25) is 0 Å². The second kappa shape index (κ2) is 7.82. The molecular weight excluding hydrogens is 312 g/mol. The summed E-state index contributed by atoms with van der Waals surface area (Å²) in [6.45, 7) is 1.26. The number of anilines is 1. The third-order valence-corrected chi connectivity index (χ3v) is 2.96. The Hall–Kier alpha value is -3.29. The van der Waals surface area contributed by atoms with Gasteiger partial charge in [-0.2, -0.15) is 0 Å². The highest BCUT2D eigenvalue weighted by Crippen LogP contribution is 2.10. The second-order valence-electron chi connectivity index (χ2n) is 4.83. The average Bonchev–Trinajstić information content (AvgIpc) is 2.59. The first kappa shape index (κ1) is 17.1. The fourth-order valence-corrected chi connectivity index (χ4v) is 1.78. The number of aromatic nitrogens is 2. The number of carbonyl (C=O) groups is 3. The van der Waals surface area contributed by atoms with Crippen molar-refractivity contribution in [3.8, 4) is 0 Å². The van der Waals surface area contributed by atoms with Crippen molar-refractivity contribution in [3.05, 3.63) is 53.6 Å². The van der Waals surface area contributed by atoms with Gasteiger partial charge >= 0.3 is 5.97 Å². The number of hydrogen-bond acceptors (Lipinski definition) is 6. The molecule has 0 bridgehead atoms. The van der Waals surface area contributed by atoms with Crippen LogP contribution in [-0.4, -0.2) is 41.4 Å². The van der Waals surface area contributed by atoms with Crippen molar-refractivity contribution in [1.29, 1.82) is 0 Å². The van der Waals surface area contributed by atoms with E-state index < -0.39 is 18.5 Å². The van der Waals surface area contributed by atoms with Crippen molar-refractivity contribution < 1.29 is 19.1 Å². The summed E-state index contributed by atoms with van der Waals surface area (Å²) in [5.74, 6) is -1.54. The molecule has 1 heterocycles. The highest BCUT2D eigenvalue weighted by atomic mass is 16.5. The molecule has 0 unspecified atom stereocenters. The third kappa shape index (κ3) is 4.60. The Bertz CT molecular complexity index is 759. The van der Waals surface area contributed by atoms with Crippen LogP contribution in [-0.2, 0) is 9.53 Å². The van der Waals surface area contributed by atoms with E-state index in [1.165, 1.54) is 25.5 Å². The summed E-state index contributed by atoms with van der Waals surface area (Å²) in [5.41, 5.74) is 1.52. The SMILES string of the molecule is CNC(=O)c1cccc(NC(=O)COC(=O)c2cnc(C)cn2)c1. The lowest BCUT2D eigenvalue weighted by Crippen LogP contribution is -2.22. The number of amides is 2. The van der Waals surface area contributed by atoms with Gasteiger partial charge in [-0.15, -0.1) is 0 Å². The molecule has 0 aliphatic heterocycles. The molecule has 1 aromatic carbocycles. The Kier molecular flexibility index (Phi) is 5.56. The van der Waals surface area contributed by atoms with Gasteiger partial charge in [0.1, 0.15) is 0 Å². The van der Waals surface area contributed by atoms with E-state index in [0.29, 0.717) is 16.9 Å². The van der Waals surface area contributed by atoms with E-state index in [0.717, 1.165) is 0 Å². The normalized spacial score (nSPS) is 9.92. The van der Waals surface area contributed by atoms with Crippen LogP contribution in [0.5, 0.6) is 0 Å². The Balaban J connectivity index is 1.90. The van der Waals surface area contributed by atoms with Crippen LogP contribution in [0.3, 0.4) is 0 Å². The minimum absolute atomic E-state index is 0.0232. The van der Waals surface area contributed by atoms with Gasteiger partial charge in [-0.25, -0.2) is 9.78 Å². The average molecular weight is 328 g/mol. The number of nitrogens with zero attached hydrogens (tertiary/aromatic N) is 2. The minimum atomic E-state index is -0.739. The topological polar surface area (TPSA) is 110 Å². The Morgan fingerprint density at radius 1 is 1.17 bits per heavy atom. The van der Waals surface area contributed by atoms with Crippen molar-refractivity contribution in [2.24, 2.45) is 0 Å². The fourth-order valence-electron chi connectivity index (χ4n) is 1.78. The molecule has 8 nitrogen and oxygen atoms in total. The van der Waals surface area contributed by atoms with Crippen molar-refractivity contribution >= 4 is 23.5 Å². The maximum atomic E-state index is 11.8. The van der Waals surface area contributed by atoms with E-state index in [9.17, 15) is 14.4 Å². The summed E-state index contributed by atoms with van der Waals surface area (Å²) in [6, 6.07) is 6.39. The largest absolute Gasteiger partial charge is 0.451 e. The predicted octanol–water partition coefficient (Wildman–Crippen LogP) is 0.940. The molecule has 2 rings (SSSR count). The standard InChI is InChI=1S/C16H16N4O4/c1-10-7-19-13(8-18-10)16(23)24-9-14(21)20-12-5-3-4-11(6-12)15(22)17-2/h3-8H,9H2,1-2H3,(H,17,22)(H,20,21). The molecule has 2 aromatic rings. The van der Waals surface area contributed by atoms with Crippen molar-refractivity contribution in [3.63, 3.8) is 0 Å². The lowest BCUT2D eigenvalue weighted by molar-refractivity contribution is -0.119. The molecule has 124 valence electrons. The highest BCUT2D eigenvalue weighted by molar-refractivity contribution is 5.98. The zero-order valence-corrected chi connectivity index (χ0v) is 13.2. The monoisotopic (exact) mass is 328 g/mol. The van der Waals surface area contributed by atoms with Crippen LogP contribution in [0.2, 0.25) is 0 Å². The maximum absolute atomic E-state index is 11.8.